The van der Waals surface area contributed by atoms with Crippen LogP contribution in [-0.4, -0.2) is 37.4 Å². The lowest BCUT2D eigenvalue weighted by Gasteiger charge is -2.31. The number of aryl methyl sites for hydroxylation is 1. The average molecular weight is 511 g/mol. The van der Waals surface area contributed by atoms with E-state index in [0.29, 0.717) is 6.42 Å². The molecule has 0 fully saturated rings. The van der Waals surface area contributed by atoms with Gasteiger partial charge in [0.1, 0.15) is 12.3 Å². The van der Waals surface area contributed by atoms with E-state index in [0.717, 1.165) is 42.6 Å². The molecule has 0 aliphatic heterocycles. The third kappa shape index (κ3) is 13.2. The van der Waals surface area contributed by atoms with Gasteiger partial charge in [-0.1, -0.05) is 102 Å². The number of carbonyl (C=O) groups is 1. The van der Waals surface area contributed by atoms with Gasteiger partial charge >= 0.3 is 5.97 Å². The molecule has 206 valence electrons. The molecule has 4 nitrogen and oxygen atoms in total. The summed E-state index contributed by atoms with van der Waals surface area (Å²) in [4.78, 5) is 12.9. The molecule has 2 aromatic carbocycles. The Labute approximate surface area is 227 Å². The molecule has 0 spiro atoms. The molecule has 2 aromatic rings. The fraction of sp³-hybridized carbons (Fsp3) is 0.606. The Morgan fingerprint density at radius 1 is 0.811 bits per heavy atom. The van der Waals surface area contributed by atoms with Crippen LogP contribution in [0.1, 0.15) is 96.1 Å². The van der Waals surface area contributed by atoms with Crippen molar-refractivity contribution in [3.8, 4) is 5.75 Å². The van der Waals surface area contributed by atoms with Crippen molar-refractivity contribution in [2.45, 2.75) is 104 Å². The fourth-order valence-electron chi connectivity index (χ4n) is 4.65. The Bertz CT molecular complexity index is 880. The van der Waals surface area contributed by atoms with Gasteiger partial charge in [0.15, 0.2) is 0 Å². The lowest BCUT2D eigenvalue weighted by Crippen LogP contribution is -2.41. The van der Waals surface area contributed by atoms with Crippen LogP contribution in [0.3, 0.4) is 0 Å². The Morgan fingerprint density at radius 2 is 1.49 bits per heavy atom. The zero-order valence-corrected chi connectivity index (χ0v) is 24.2. The number of carbonyl (C=O) groups excluding carboxylic acids is 1. The Hall–Kier alpha value is -2.33. The average Bonchev–Trinajstić information content (AvgIpc) is 2.87. The molecule has 0 aliphatic rings. The Morgan fingerprint density at radius 3 is 2.19 bits per heavy atom. The monoisotopic (exact) mass is 510 g/mol. The van der Waals surface area contributed by atoms with E-state index in [1.54, 1.807) is 0 Å². The molecule has 0 amide bonds. The molecule has 0 N–H and O–H groups in total. The lowest BCUT2D eigenvalue weighted by atomic mass is 10.0. The minimum atomic E-state index is -0.541. The largest absolute Gasteiger partial charge is 0.455 e. The standard InChI is InChI=1S/C33H52NO3/c1-6-8-9-10-11-12-14-19-29-22-17-23-31(26-29)36-32(18-7-2)37-33(35)28(3)24-25-34(4,5)27-30-20-15-13-16-21-30/h13,15-17,20-23,26,28,32H,6-12,14,18-19,24-25,27H2,1-5H3/q+1. The summed E-state index contributed by atoms with van der Waals surface area (Å²) < 4.78 is 12.9. The van der Waals surface area contributed by atoms with Gasteiger partial charge in [0.2, 0.25) is 6.29 Å². The van der Waals surface area contributed by atoms with Gasteiger partial charge in [-0.15, -0.1) is 0 Å². The zero-order chi connectivity index (χ0) is 26.9. The van der Waals surface area contributed by atoms with E-state index < -0.39 is 6.29 Å². The molecular weight excluding hydrogens is 458 g/mol. The zero-order valence-electron chi connectivity index (χ0n) is 24.2. The fourth-order valence-corrected chi connectivity index (χ4v) is 4.65. The van der Waals surface area contributed by atoms with E-state index in [4.69, 9.17) is 9.47 Å². The molecule has 4 heteroatoms. The highest BCUT2D eigenvalue weighted by Crippen LogP contribution is 2.21. The number of hydrogen-bond donors (Lipinski definition) is 0. The van der Waals surface area contributed by atoms with Crippen molar-refractivity contribution in [2.75, 3.05) is 20.6 Å². The first kappa shape index (κ1) is 30.9. The SMILES string of the molecule is CCCCCCCCCc1cccc(OC(CCC)OC(=O)C(C)CC[N+](C)(C)Cc2ccccc2)c1. The number of hydrogen-bond acceptors (Lipinski definition) is 3. The van der Waals surface area contributed by atoms with Crippen LogP contribution >= 0.6 is 0 Å². The van der Waals surface area contributed by atoms with Gasteiger partial charge < -0.3 is 14.0 Å². The molecule has 2 rings (SSSR count). The van der Waals surface area contributed by atoms with E-state index in [1.165, 1.54) is 56.1 Å². The number of rotatable bonds is 19. The molecule has 0 heterocycles. The van der Waals surface area contributed by atoms with Crippen LogP contribution in [-0.2, 0) is 22.5 Å². The maximum Gasteiger partial charge on any atom is 0.311 e. The van der Waals surface area contributed by atoms with Gasteiger partial charge in [-0.3, -0.25) is 4.79 Å². The van der Waals surface area contributed by atoms with Crippen molar-refractivity contribution in [1.82, 2.24) is 0 Å². The molecule has 2 atom stereocenters. The van der Waals surface area contributed by atoms with Crippen LogP contribution in [0, 0.1) is 5.92 Å². The normalized spacial score (nSPS) is 13.2. The second-order valence-electron chi connectivity index (χ2n) is 11.3. The van der Waals surface area contributed by atoms with Crippen LogP contribution in [0.4, 0.5) is 0 Å². The molecule has 0 bridgehead atoms. The minimum absolute atomic E-state index is 0.167. The van der Waals surface area contributed by atoms with Gasteiger partial charge in [-0.25, -0.2) is 0 Å². The second-order valence-corrected chi connectivity index (χ2v) is 11.3. The third-order valence-corrected chi connectivity index (χ3v) is 7.03. The highest BCUT2D eigenvalue weighted by molar-refractivity contribution is 5.72. The summed E-state index contributed by atoms with van der Waals surface area (Å²) in [5, 5.41) is 0. The van der Waals surface area contributed by atoms with Gasteiger partial charge in [-0.2, -0.15) is 0 Å². The van der Waals surface area contributed by atoms with Gasteiger partial charge in [0, 0.05) is 18.4 Å². The van der Waals surface area contributed by atoms with Crippen molar-refractivity contribution in [2.24, 2.45) is 5.92 Å². The van der Waals surface area contributed by atoms with E-state index in [-0.39, 0.29) is 11.9 Å². The predicted molar refractivity (Wildman–Crippen MR) is 154 cm³/mol. The topological polar surface area (TPSA) is 35.5 Å². The van der Waals surface area contributed by atoms with Crippen LogP contribution in [0.5, 0.6) is 5.75 Å². The van der Waals surface area contributed by atoms with Crippen LogP contribution in [0.15, 0.2) is 54.6 Å². The highest BCUT2D eigenvalue weighted by atomic mass is 16.7. The Balaban J connectivity index is 1.80. The van der Waals surface area contributed by atoms with Crippen molar-refractivity contribution in [3.63, 3.8) is 0 Å². The number of esters is 1. The summed E-state index contributed by atoms with van der Waals surface area (Å²) in [6.07, 6.45) is 12.1. The first-order valence-corrected chi connectivity index (χ1v) is 14.6. The maximum absolute atomic E-state index is 12.9. The number of ether oxygens (including phenoxy) is 2. The van der Waals surface area contributed by atoms with E-state index in [9.17, 15) is 4.79 Å². The van der Waals surface area contributed by atoms with Crippen molar-refractivity contribution in [3.05, 3.63) is 65.7 Å². The first-order chi connectivity index (χ1) is 17.8. The summed E-state index contributed by atoms with van der Waals surface area (Å²) in [7, 11) is 4.43. The molecule has 37 heavy (non-hydrogen) atoms. The van der Waals surface area contributed by atoms with Gasteiger partial charge in [-0.05, 0) is 37.0 Å². The van der Waals surface area contributed by atoms with Crippen molar-refractivity contribution >= 4 is 5.97 Å². The predicted octanol–water partition coefficient (Wildman–Crippen LogP) is 8.33. The molecule has 0 saturated carbocycles. The van der Waals surface area contributed by atoms with Crippen molar-refractivity contribution < 1.29 is 18.8 Å². The number of benzene rings is 2. The minimum Gasteiger partial charge on any atom is -0.455 e. The summed E-state index contributed by atoms with van der Waals surface area (Å²) in [5.41, 5.74) is 2.60. The van der Waals surface area contributed by atoms with Crippen LogP contribution in [0.25, 0.3) is 0 Å². The van der Waals surface area contributed by atoms with E-state index in [1.807, 2.05) is 25.1 Å². The summed E-state index contributed by atoms with van der Waals surface area (Å²) in [6, 6.07) is 18.8. The summed E-state index contributed by atoms with van der Waals surface area (Å²) >= 11 is 0. The Kier molecular flexibility index (Phi) is 14.4. The number of nitrogens with zero attached hydrogens (tertiary/aromatic N) is 1. The van der Waals surface area contributed by atoms with Gasteiger partial charge in [0.25, 0.3) is 0 Å². The van der Waals surface area contributed by atoms with Crippen LogP contribution < -0.4 is 4.74 Å². The molecule has 2 unspecified atom stereocenters. The summed E-state index contributed by atoms with van der Waals surface area (Å²) in [6.45, 7) is 8.17. The smallest absolute Gasteiger partial charge is 0.311 e. The molecule has 0 saturated heterocycles. The lowest BCUT2D eigenvalue weighted by molar-refractivity contribution is -0.904. The maximum atomic E-state index is 12.9. The van der Waals surface area contributed by atoms with Gasteiger partial charge in [0.05, 0.1) is 26.6 Å². The van der Waals surface area contributed by atoms with Crippen molar-refractivity contribution in [1.29, 1.82) is 0 Å². The van der Waals surface area contributed by atoms with E-state index in [2.05, 4.69) is 64.3 Å². The third-order valence-electron chi connectivity index (χ3n) is 7.03. The number of unbranched alkanes of at least 4 members (excludes halogenated alkanes) is 6. The first-order valence-electron chi connectivity index (χ1n) is 14.6. The molecular formula is C33H52NO3+. The molecule has 0 aromatic heterocycles. The second kappa shape index (κ2) is 17.2. The quantitative estimate of drug-likeness (QED) is 0.0824. The molecule has 0 aliphatic carbocycles. The molecule has 0 radical (unpaired) electrons. The van der Waals surface area contributed by atoms with E-state index >= 15 is 0 Å². The highest BCUT2D eigenvalue weighted by Gasteiger charge is 2.24. The summed E-state index contributed by atoms with van der Waals surface area (Å²) in [5.74, 6) is 0.456. The van der Waals surface area contributed by atoms with Crippen LogP contribution in [0.2, 0.25) is 0 Å². The number of quaternary nitrogens is 1.